The zero-order valence-electron chi connectivity index (χ0n) is 18.3. The van der Waals surface area contributed by atoms with Crippen LogP contribution in [0.1, 0.15) is 37.1 Å². The minimum absolute atomic E-state index is 0.231. The highest BCUT2D eigenvalue weighted by molar-refractivity contribution is 5.76. The molecule has 7 heteroatoms. The van der Waals surface area contributed by atoms with Crippen LogP contribution >= 0.6 is 0 Å². The summed E-state index contributed by atoms with van der Waals surface area (Å²) < 4.78 is 11.5. The number of aliphatic hydroxyl groups excluding tert-OH is 1. The molecule has 3 heterocycles. The van der Waals surface area contributed by atoms with Crippen molar-refractivity contribution in [1.29, 1.82) is 0 Å². The van der Waals surface area contributed by atoms with E-state index in [1.54, 1.807) is 0 Å². The SMILES string of the molecule is Cc1ccc(O[C@@H]2C[C@@H]3CN(C(=O)CCCN4CCOCC4)C[C@@H]3C[C@H]2O)c(C)n1. The summed E-state index contributed by atoms with van der Waals surface area (Å²) in [7, 11) is 0. The zero-order valence-corrected chi connectivity index (χ0v) is 18.3. The monoisotopic (exact) mass is 417 g/mol. The maximum absolute atomic E-state index is 12.7. The number of rotatable bonds is 6. The number of morpholine rings is 1. The summed E-state index contributed by atoms with van der Waals surface area (Å²) in [5.74, 6) is 1.78. The van der Waals surface area contributed by atoms with Crippen LogP contribution in [0.25, 0.3) is 0 Å². The van der Waals surface area contributed by atoms with E-state index in [0.29, 0.717) is 24.7 Å². The van der Waals surface area contributed by atoms with Crippen LogP contribution in [-0.4, -0.2) is 83.9 Å². The highest BCUT2D eigenvalue weighted by Crippen LogP contribution is 2.38. The van der Waals surface area contributed by atoms with Crippen molar-refractivity contribution in [3.8, 4) is 5.75 Å². The van der Waals surface area contributed by atoms with Crippen LogP contribution in [0.15, 0.2) is 12.1 Å². The predicted octanol–water partition coefficient (Wildman–Crippen LogP) is 1.79. The van der Waals surface area contributed by atoms with E-state index in [-0.39, 0.29) is 12.0 Å². The molecule has 30 heavy (non-hydrogen) atoms. The Balaban J connectivity index is 1.26. The number of ether oxygens (including phenoxy) is 2. The van der Waals surface area contributed by atoms with Crippen LogP contribution in [-0.2, 0) is 9.53 Å². The van der Waals surface area contributed by atoms with Crippen LogP contribution in [0.5, 0.6) is 5.75 Å². The van der Waals surface area contributed by atoms with Gasteiger partial charge in [0, 0.05) is 38.3 Å². The number of hydrogen-bond acceptors (Lipinski definition) is 6. The summed E-state index contributed by atoms with van der Waals surface area (Å²) in [5, 5.41) is 10.7. The van der Waals surface area contributed by atoms with Crippen molar-refractivity contribution in [1.82, 2.24) is 14.8 Å². The number of carbonyl (C=O) groups excluding carboxylic acids is 1. The molecule has 2 saturated heterocycles. The highest BCUT2D eigenvalue weighted by atomic mass is 16.5. The molecular weight excluding hydrogens is 382 g/mol. The fourth-order valence-corrected chi connectivity index (χ4v) is 5.12. The van der Waals surface area contributed by atoms with Crippen molar-refractivity contribution in [2.45, 2.75) is 51.7 Å². The lowest BCUT2D eigenvalue weighted by atomic mass is 9.78. The van der Waals surface area contributed by atoms with E-state index in [1.807, 2.05) is 30.9 Å². The molecule has 4 atom stereocenters. The van der Waals surface area contributed by atoms with Gasteiger partial charge in [-0.3, -0.25) is 14.7 Å². The van der Waals surface area contributed by atoms with E-state index in [0.717, 1.165) is 75.9 Å². The minimum atomic E-state index is -0.497. The van der Waals surface area contributed by atoms with E-state index >= 15 is 0 Å². The van der Waals surface area contributed by atoms with Crippen LogP contribution in [0.2, 0.25) is 0 Å². The molecule has 0 radical (unpaired) electrons. The Hall–Kier alpha value is -1.70. The molecule has 1 N–H and O–H groups in total. The highest BCUT2D eigenvalue weighted by Gasteiger charge is 2.43. The first-order chi connectivity index (χ1) is 14.5. The second-order valence-corrected chi connectivity index (χ2v) is 9.11. The fraction of sp³-hybridized carbons (Fsp3) is 0.739. The van der Waals surface area contributed by atoms with Gasteiger partial charge in [0.05, 0.1) is 25.0 Å². The Morgan fingerprint density at radius 2 is 1.93 bits per heavy atom. The quantitative estimate of drug-likeness (QED) is 0.761. The smallest absolute Gasteiger partial charge is 0.222 e. The molecule has 4 rings (SSSR count). The number of aliphatic hydroxyl groups is 1. The molecule has 0 unspecified atom stereocenters. The van der Waals surface area contributed by atoms with Crippen molar-refractivity contribution in [3.05, 3.63) is 23.5 Å². The van der Waals surface area contributed by atoms with E-state index in [1.165, 1.54) is 0 Å². The number of fused-ring (bicyclic) bond motifs is 1. The lowest BCUT2D eigenvalue weighted by Crippen LogP contribution is -2.42. The average molecular weight is 418 g/mol. The first-order valence-corrected chi connectivity index (χ1v) is 11.4. The topological polar surface area (TPSA) is 75.1 Å². The lowest BCUT2D eigenvalue weighted by Gasteiger charge is -2.35. The molecule has 0 aromatic carbocycles. The number of carbonyl (C=O) groups is 1. The predicted molar refractivity (Wildman–Crippen MR) is 113 cm³/mol. The molecule has 1 aromatic heterocycles. The van der Waals surface area contributed by atoms with Crippen molar-refractivity contribution in [3.63, 3.8) is 0 Å². The van der Waals surface area contributed by atoms with Gasteiger partial charge in [0.25, 0.3) is 0 Å². The molecule has 0 bridgehead atoms. The lowest BCUT2D eigenvalue weighted by molar-refractivity contribution is -0.130. The molecule has 1 aliphatic carbocycles. The van der Waals surface area contributed by atoms with Gasteiger partial charge < -0.3 is 19.5 Å². The molecule has 1 aromatic rings. The van der Waals surface area contributed by atoms with E-state index < -0.39 is 6.10 Å². The Morgan fingerprint density at radius 1 is 1.20 bits per heavy atom. The Labute approximate surface area is 179 Å². The second kappa shape index (κ2) is 9.62. The van der Waals surface area contributed by atoms with E-state index in [4.69, 9.17) is 9.47 Å². The van der Waals surface area contributed by atoms with Crippen molar-refractivity contribution >= 4 is 5.91 Å². The first kappa shape index (κ1) is 21.5. The molecule has 0 spiro atoms. The summed E-state index contributed by atoms with van der Waals surface area (Å²) in [5.41, 5.74) is 1.82. The number of pyridine rings is 1. The van der Waals surface area contributed by atoms with Crippen LogP contribution in [0, 0.1) is 25.7 Å². The van der Waals surface area contributed by atoms with Crippen molar-refractivity contribution in [2.75, 3.05) is 45.9 Å². The third kappa shape index (κ3) is 5.13. The van der Waals surface area contributed by atoms with Crippen molar-refractivity contribution < 1.29 is 19.4 Å². The van der Waals surface area contributed by atoms with Gasteiger partial charge >= 0.3 is 0 Å². The van der Waals surface area contributed by atoms with Gasteiger partial charge in [-0.25, -0.2) is 0 Å². The zero-order chi connectivity index (χ0) is 21.1. The molecule has 7 nitrogen and oxygen atoms in total. The number of aryl methyl sites for hydroxylation is 2. The Bertz CT molecular complexity index is 737. The number of likely N-dealkylation sites (tertiary alicyclic amines) is 1. The molecular formula is C23H35N3O4. The van der Waals surface area contributed by atoms with Gasteiger partial charge in [-0.15, -0.1) is 0 Å². The molecule has 166 valence electrons. The van der Waals surface area contributed by atoms with Gasteiger partial charge in [-0.1, -0.05) is 0 Å². The van der Waals surface area contributed by atoms with Gasteiger partial charge in [-0.05, 0) is 63.6 Å². The molecule has 2 aliphatic heterocycles. The summed E-state index contributed by atoms with van der Waals surface area (Å²) in [6, 6.07) is 3.88. The molecule has 3 fully saturated rings. The van der Waals surface area contributed by atoms with Gasteiger partial charge in [0.2, 0.25) is 5.91 Å². The first-order valence-electron chi connectivity index (χ1n) is 11.4. The number of aromatic nitrogens is 1. The third-order valence-electron chi connectivity index (χ3n) is 6.86. The number of amides is 1. The Morgan fingerprint density at radius 3 is 2.67 bits per heavy atom. The van der Waals surface area contributed by atoms with Crippen LogP contribution in [0.4, 0.5) is 0 Å². The molecule has 1 saturated carbocycles. The number of nitrogens with zero attached hydrogens (tertiary/aromatic N) is 3. The van der Waals surface area contributed by atoms with Crippen molar-refractivity contribution in [2.24, 2.45) is 11.8 Å². The summed E-state index contributed by atoms with van der Waals surface area (Å²) in [4.78, 5) is 21.6. The summed E-state index contributed by atoms with van der Waals surface area (Å²) in [6.07, 6.45) is 2.27. The fourth-order valence-electron chi connectivity index (χ4n) is 5.12. The summed E-state index contributed by atoms with van der Waals surface area (Å²) in [6.45, 7) is 9.97. The largest absolute Gasteiger partial charge is 0.486 e. The standard InChI is InChI=1S/C23H35N3O4/c1-16-5-6-21(17(2)24-16)30-22-13-19-15-26(14-18(19)12-20(22)27)23(28)4-3-7-25-8-10-29-11-9-25/h5-6,18-20,22,27H,3-4,7-15H2,1-2H3/t18-,19+,20+,22+/m0/s1. The maximum Gasteiger partial charge on any atom is 0.222 e. The average Bonchev–Trinajstić information content (AvgIpc) is 3.14. The van der Waals surface area contributed by atoms with Gasteiger partial charge in [-0.2, -0.15) is 0 Å². The van der Waals surface area contributed by atoms with Crippen LogP contribution in [0.3, 0.4) is 0 Å². The van der Waals surface area contributed by atoms with Crippen LogP contribution < -0.4 is 4.74 Å². The maximum atomic E-state index is 12.7. The molecule has 3 aliphatic rings. The minimum Gasteiger partial charge on any atom is -0.486 e. The van der Waals surface area contributed by atoms with Gasteiger partial charge in [0.15, 0.2) is 0 Å². The Kier molecular flexibility index (Phi) is 6.91. The summed E-state index contributed by atoms with van der Waals surface area (Å²) >= 11 is 0. The normalized spacial score (nSPS) is 29.6. The second-order valence-electron chi connectivity index (χ2n) is 9.11. The van der Waals surface area contributed by atoms with E-state index in [2.05, 4.69) is 9.88 Å². The van der Waals surface area contributed by atoms with E-state index in [9.17, 15) is 9.90 Å². The molecule has 1 amide bonds. The third-order valence-corrected chi connectivity index (χ3v) is 6.86. The number of hydrogen-bond donors (Lipinski definition) is 1. The van der Waals surface area contributed by atoms with Gasteiger partial charge in [0.1, 0.15) is 11.9 Å².